The lowest BCUT2D eigenvalue weighted by atomic mass is 10.0. The number of aliphatic hydroxyl groups is 1. The average molecular weight is 326 g/mol. The Morgan fingerprint density at radius 3 is 2.33 bits per heavy atom. The molecule has 0 aromatic heterocycles. The minimum absolute atomic E-state index is 0.194. The molecule has 1 unspecified atom stereocenters. The summed E-state index contributed by atoms with van der Waals surface area (Å²) in [6.45, 7) is 1.63. The van der Waals surface area contributed by atoms with Crippen molar-refractivity contribution in [1.29, 1.82) is 0 Å². The van der Waals surface area contributed by atoms with Gasteiger partial charge in [0.2, 0.25) is 0 Å². The molecule has 0 saturated heterocycles. The van der Waals surface area contributed by atoms with Gasteiger partial charge in [-0.3, -0.25) is 9.59 Å². The Morgan fingerprint density at radius 2 is 1.67 bits per heavy atom. The number of carbonyl (C=O) groups is 2. The lowest BCUT2D eigenvalue weighted by Crippen LogP contribution is -2.43. The van der Waals surface area contributed by atoms with E-state index in [-0.39, 0.29) is 6.61 Å². The first-order valence-corrected chi connectivity index (χ1v) is 7.98. The fourth-order valence-corrected chi connectivity index (χ4v) is 2.32. The maximum absolute atomic E-state index is 12.1. The van der Waals surface area contributed by atoms with Crippen LogP contribution in [0.25, 0.3) is 0 Å². The van der Waals surface area contributed by atoms with Crippen molar-refractivity contribution >= 4 is 17.5 Å². The van der Waals surface area contributed by atoms with Crippen LogP contribution in [-0.4, -0.2) is 29.6 Å². The molecule has 2 amide bonds. The molecule has 0 heterocycles. The lowest BCUT2D eigenvalue weighted by molar-refractivity contribution is -0.136. The smallest absolute Gasteiger partial charge is 0.313 e. The second-order valence-electron chi connectivity index (χ2n) is 5.53. The van der Waals surface area contributed by atoms with Crippen LogP contribution in [0.3, 0.4) is 0 Å². The van der Waals surface area contributed by atoms with E-state index in [1.807, 2.05) is 55.5 Å². The predicted octanol–water partition coefficient (Wildman–Crippen LogP) is 2.10. The first-order chi connectivity index (χ1) is 11.6. The number of anilines is 1. The Bertz CT molecular complexity index is 682. The minimum Gasteiger partial charge on any atom is -0.394 e. The van der Waals surface area contributed by atoms with Crippen LogP contribution in [0.15, 0.2) is 54.6 Å². The molecule has 3 N–H and O–H groups in total. The maximum Gasteiger partial charge on any atom is 0.313 e. The molecule has 126 valence electrons. The van der Waals surface area contributed by atoms with Gasteiger partial charge in [-0.2, -0.15) is 0 Å². The summed E-state index contributed by atoms with van der Waals surface area (Å²) in [5.74, 6) is -1.48. The van der Waals surface area contributed by atoms with Gasteiger partial charge in [0.25, 0.3) is 0 Å². The van der Waals surface area contributed by atoms with Gasteiger partial charge in [0.15, 0.2) is 0 Å². The Morgan fingerprint density at radius 1 is 1.00 bits per heavy atom. The monoisotopic (exact) mass is 326 g/mol. The average Bonchev–Trinajstić information content (AvgIpc) is 2.62. The van der Waals surface area contributed by atoms with Gasteiger partial charge in [-0.1, -0.05) is 55.5 Å². The summed E-state index contributed by atoms with van der Waals surface area (Å²) < 4.78 is 0. The van der Waals surface area contributed by atoms with E-state index in [0.29, 0.717) is 18.5 Å². The summed E-state index contributed by atoms with van der Waals surface area (Å²) in [6.07, 6.45) is 1.22. The Labute approximate surface area is 141 Å². The van der Waals surface area contributed by atoms with E-state index in [1.165, 1.54) is 0 Å². The van der Waals surface area contributed by atoms with Crippen molar-refractivity contribution in [3.8, 4) is 0 Å². The van der Waals surface area contributed by atoms with Crippen LogP contribution >= 0.6 is 0 Å². The number of hydrogen-bond acceptors (Lipinski definition) is 3. The molecule has 2 aromatic carbocycles. The molecule has 2 rings (SSSR count). The molecule has 0 spiro atoms. The van der Waals surface area contributed by atoms with Gasteiger partial charge in [-0.25, -0.2) is 0 Å². The maximum atomic E-state index is 12.1. The van der Waals surface area contributed by atoms with Crippen LogP contribution in [0.4, 0.5) is 5.69 Å². The number of aliphatic hydroxyl groups excluding tert-OH is 1. The molecule has 0 aliphatic rings. The summed E-state index contributed by atoms with van der Waals surface area (Å²) in [5.41, 5.74) is 2.66. The summed E-state index contributed by atoms with van der Waals surface area (Å²) in [7, 11) is 0. The normalized spacial score (nSPS) is 11.6. The van der Waals surface area contributed by atoms with Crippen molar-refractivity contribution in [3.05, 3.63) is 65.7 Å². The second kappa shape index (κ2) is 8.84. The van der Waals surface area contributed by atoms with Crippen LogP contribution in [0, 0.1) is 0 Å². The van der Waals surface area contributed by atoms with E-state index in [0.717, 1.165) is 11.1 Å². The quantitative estimate of drug-likeness (QED) is 0.711. The number of benzene rings is 2. The van der Waals surface area contributed by atoms with Gasteiger partial charge in [-0.15, -0.1) is 0 Å². The van der Waals surface area contributed by atoms with Crippen LogP contribution < -0.4 is 10.6 Å². The molecular formula is C19H22N2O3. The van der Waals surface area contributed by atoms with Crippen molar-refractivity contribution in [3.63, 3.8) is 0 Å². The van der Waals surface area contributed by atoms with E-state index < -0.39 is 17.9 Å². The van der Waals surface area contributed by atoms with Gasteiger partial charge in [0, 0.05) is 5.69 Å². The number of rotatable bonds is 6. The van der Waals surface area contributed by atoms with E-state index in [1.54, 1.807) is 6.07 Å². The third-order valence-corrected chi connectivity index (χ3v) is 3.76. The molecule has 5 nitrogen and oxygen atoms in total. The Balaban J connectivity index is 2.07. The Kier molecular flexibility index (Phi) is 6.51. The molecule has 2 aromatic rings. The van der Waals surface area contributed by atoms with E-state index in [4.69, 9.17) is 5.11 Å². The van der Waals surface area contributed by atoms with Crippen LogP contribution in [0.2, 0.25) is 0 Å². The zero-order valence-electron chi connectivity index (χ0n) is 13.7. The Hall–Kier alpha value is -2.66. The number of amides is 2. The molecule has 24 heavy (non-hydrogen) atoms. The highest BCUT2D eigenvalue weighted by atomic mass is 16.3. The zero-order chi connectivity index (χ0) is 17.4. The van der Waals surface area contributed by atoms with Gasteiger partial charge >= 0.3 is 11.8 Å². The first kappa shape index (κ1) is 17.7. The summed E-state index contributed by atoms with van der Waals surface area (Å²) in [5, 5.41) is 14.3. The predicted molar refractivity (Wildman–Crippen MR) is 93.6 cm³/mol. The molecule has 0 radical (unpaired) electrons. The lowest BCUT2D eigenvalue weighted by Gasteiger charge is -2.15. The number of hydrogen-bond donors (Lipinski definition) is 3. The van der Waals surface area contributed by atoms with Crippen LogP contribution in [-0.2, 0) is 16.0 Å². The first-order valence-electron chi connectivity index (χ1n) is 7.98. The van der Waals surface area contributed by atoms with Crippen molar-refractivity contribution in [1.82, 2.24) is 5.32 Å². The third kappa shape index (κ3) is 4.93. The highest BCUT2D eigenvalue weighted by molar-refractivity contribution is 6.39. The van der Waals surface area contributed by atoms with Gasteiger partial charge in [0.1, 0.15) is 0 Å². The highest BCUT2D eigenvalue weighted by Gasteiger charge is 2.18. The molecule has 0 bridgehead atoms. The fraction of sp³-hybridized carbons (Fsp3) is 0.263. The van der Waals surface area contributed by atoms with Crippen molar-refractivity contribution in [2.75, 3.05) is 11.9 Å². The molecule has 1 atom stereocenters. The molecule has 0 saturated carbocycles. The van der Waals surface area contributed by atoms with Gasteiger partial charge in [-0.05, 0) is 30.0 Å². The SMILES string of the molecule is CCC(CO)NC(=O)C(=O)Nc1ccccc1Cc1ccccc1. The van der Waals surface area contributed by atoms with Crippen LogP contribution in [0.1, 0.15) is 24.5 Å². The largest absolute Gasteiger partial charge is 0.394 e. The molecule has 0 fully saturated rings. The topological polar surface area (TPSA) is 78.4 Å². The minimum atomic E-state index is -0.745. The number of nitrogens with one attached hydrogen (secondary N) is 2. The summed E-state index contributed by atoms with van der Waals surface area (Å²) in [4.78, 5) is 24.0. The van der Waals surface area contributed by atoms with Crippen molar-refractivity contribution in [2.24, 2.45) is 0 Å². The van der Waals surface area contributed by atoms with Crippen LogP contribution in [0.5, 0.6) is 0 Å². The van der Waals surface area contributed by atoms with Gasteiger partial charge < -0.3 is 15.7 Å². The molecular weight excluding hydrogens is 304 g/mol. The highest BCUT2D eigenvalue weighted by Crippen LogP contribution is 2.19. The number of carbonyl (C=O) groups excluding carboxylic acids is 2. The standard InChI is InChI=1S/C19H22N2O3/c1-2-16(13-22)20-18(23)19(24)21-17-11-7-6-10-15(17)12-14-8-4-3-5-9-14/h3-11,16,22H,2,12-13H2,1H3,(H,20,23)(H,21,24). The number of para-hydroxylation sites is 1. The van der Waals surface area contributed by atoms with Gasteiger partial charge in [0.05, 0.1) is 12.6 Å². The van der Waals surface area contributed by atoms with E-state index >= 15 is 0 Å². The summed E-state index contributed by atoms with van der Waals surface area (Å²) in [6, 6.07) is 16.9. The zero-order valence-corrected chi connectivity index (χ0v) is 13.7. The molecule has 0 aliphatic carbocycles. The summed E-state index contributed by atoms with van der Waals surface area (Å²) >= 11 is 0. The molecule has 5 heteroatoms. The van der Waals surface area contributed by atoms with E-state index in [2.05, 4.69) is 10.6 Å². The van der Waals surface area contributed by atoms with Crippen molar-refractivity contribution in [2.45, 2.75) is 25.8 Å². The fourth-order valence-electron chi connectivity index (χ4n) is 2.32. The molecule has 0 aliphatic heterocycles. The van der Waals surface area contributed by atoms with Crippen molar-refractivity contribution < 1.29 is 14.7 Å². The second-order valence-corrected chi connectivity index (χ2v) is 5.53. The van der Waals surface area contributed by atoms with E-state index in [9.17, 15) is 9.59 Å². The third-order valence-electron chi connectivity index (χ3n) is 3.76.